The van der Waals surface area contributed by atoms with E-state index in [9.17, 15) is 10.1 Å². The summed E-state index contributed by atoms with van der Waals surface area (Å²) in [5.74, 6) is 1.26. The molecule has 3 heterocycles. The monoisotopic (exact) mass is 554 g/mol. The van der Waals surface area contributed by atoms with E-state index in [-0.39, 0.29) is 18.1 Å². The van der Waals surface area contributed by atoms with Crippen molar-refractivity contribution in [2.24, 2.45) is 0 Å². The van der Waals surface area contributed by atoms with Crippen molar-refractivity contribution in [2.75, 3.05) is 32.2 Å². The molecule has 1 aliphatic heterocycles. The second-order valence-electron chi connectivity index (χ2n) is 9.63. The summed E-state index contributed by atoms with van der Waals surface area (Å²) in [4.78, 5) is 27.7. The Hall–Kier alpha value is -5.02. The second-order valence-corrected chi connectivity index (χ2v) is 9.63. The summed E-state index contributed by atoms with van der Waals surface area (Å²) < 4.78 is 18.7. The van der Waals surface area contributed by atoms with E-state index >= 15 is 0 Å². The number of hydrogen-bond acceptors (Lipinski definition) is 10. The summed E-state index contributed by atoms with van der Waals surface area (Å²) in [5.41, 5.74) is 3.14. The van der Waals surface area contributed by atoms with Crippen LogP contribution in [0.15, 0.2) is 61.4 Å². The van der Waals surface area contributed by atoms with Crippen LogP contribution in [0.1, 0.15) is 29.8 Å². The average molecular weight is 555 g/mol. The van der Waals surface area contributed by atoms with Crippen molar-refractivity contribution in [3.8, 4) is 28.7 Å². The van der Waals surface area contributed by atoms with Gasteiger partial charge in [0.05, 0.1) is 44.2 Å². The standard InChI is InChI=1S/C29H30N8O4/c1-19-16-40-9-8-37(19)28(38)22-6-7-25(27(11-22)39-3)35-29-32-13-24(14-33-29)21-4-5-23(12-30)26(10-21)41-20(2)15-36-18-31-17-34-36/h4-7,10-11,13-14,17-20H,8-9,15-16H2,1-3H3,(H,32,33,35)/t19-,20+/m1/s1. The van der Waals surface area contributed by atoms with Crippen LogP contribution in [-0.2, 0) is 11.3 Å². The topological polar surface area (TPSA) is 140 Å². The number of carbonyl (C=O) groups is 1. The summed E-state index contributed by atoms with van der Waals surface area (Å²) in [6.07, 6.45) is 6.21. The first-order valence-corrected chi connectivity index (χ1v) is 13.1. The molecule has 41 heavy (non-hydrogen) atoms. The Morgan fingerprint density at radius 1 is 1.20 bits per heavy atom. The Morgan fingerprint density at radius 3 is 2.73 bits per heavy atom. The molecule has 2 atom stereocenters. The summed E-state index contributed by atoms with van der Waals surface area (Å²) in [6.45, 7) is 5.97. The van der Waals surface area contributed by atoms with E-state index in [1.54, 1.807) is 60.8 Å². The molecular weight excluding hydrogens is 524 g/mol. The molecule has 4 aromatic rings. The van der Waals surface area contributed by atoms with Crippen molar-refractivity contribution in [3.63, 3.8) is 0 Å². The lowest BCUT2D eigenvalue weighted by molar-refractivity contribution is 0.00358. The lowest BCUT2D eigenvalue weighted by Crippen LogP contribution is -2.47. The van der Waals surface area contributed by atoms with Crippen molar-refractivity contribution >= 4 is 17.5 Å². The number of benzene rings is 2. The summed E-state index contributed by atoms with van der Waals surface area (Å²) in [5, 5.41) is 16.8. The molecule has 1 N–H and O–H groups in total. The minimum Gasteiger partial charge on any atom is -0.495 e. The number of carbonyl (C=O) groups excluding carboxylic acids is 1. The zero-order valence-electron chi connectivity index (χ0n) is 23.0. The predicted octanol–water partition coefficient (Wildman–Crippen LogP) is 3.69. The van der Waals surface area contributed by atoms with Gasteiger partial charge in [-0.3, -0.25) is 4.79 Å². The number of rotatable bonds is 9. The van der Waals surface area contributed by atoms with E-state index < -0.39 is 0 Å². The molecule has 1 fully saturated rings. The molecule has 0 unspecified atom stereocenters. The molecule has 0 radical (unpaired) electrons. The Morgan fingerprint density at radius 2 is 2.02 bits per heavy atom. The molecule has 0 saturated carbocycles. The van der Waals surface area contributed by atoms with Gasteiger partial charge in [0.1, 0.15) is 36.3 Å². The van der Waals surface area contributed by atoms with Gasteiger partial charge < -0.3 is 24.4 Å². The third-order valence-electron chi connectivity index (χ3n) is 6.65. The lowest BCUT2D eigenvalue weighted by Gasteiger charge is -2.33. The van der Waals surface area contributed by atoms with Crippen molar-refractivity contribution in [2.45, 2.75) is 32.5 Å². The van der Waals surface area contributed by atoms with Crippen molar-refractivity contribution in [1.29, 1.82) is 5.26 Å². The highest BCUT2D eigenvalue weighted by Gasteiger charge is 2.25. The molecule has 1 saturated heterocycles. The molecular formula is C29H30N8O4. The highest BCUT2D eigenvalue weighted by atomic mass is 16.5. The van der Waals surface area contributed by atoms with Crippen molar-refractivity contribution in [3.05, 3.63) is 72.6 Å². The molecule has 2 aromatic carbocycles. The number of morpholine rings is 1. The fourth-order valence-corrected chi connectivity index (χ4v) is 4.52. The Balaban J connectivity index is 1.29. The van der Waals surface area contributed by atoms with E-state index in [1.807, 2.05) is 24.8 Å². The first-order chi connectivity index (χ1) is 19.9. The maximum Gasteiger partial charge on any atom is 0.254 e. The summed E-state index contributed by atoms with van der Waals surface area (Å²) >= 11 is 0. The van der Waals surface area contributed by atoms with E-state index in [2.05, 4.69) is 31.4 Å². The number of nitrogens with one attached hydrogen (secondary N) is 1. The van der Waals surface area contributed by atoms with Crippen LogP contribution in [-0.4, -0.2) is 74.6 Å². The number of methoxy groups -OCH3 is 1. The Bertz CT molecular complexity index is 1540. The number of hydrogen-bond donors (Lipinski definition) is 1. The number of aromatic nitrogens is 5. The zero-order chi connectivity index (χ0) is 28.8. The average Bonchev–Trinajstić information content (AvgIpc) is 3.50. The summed E-state index contributed by atoms with van der Waals surface area (Å²) in [6, 6.07) is 12.8. The number of nitrogens with zero attached hydrogens (tertiary/aromatic N) is 7. The molecule has 210 valence electrons. The third kappa shape index (κ3) is 6.42. The SMILES string of the molecule is COc1cc(C(=O)N2CCOC[C@H]2C)ccc1Nc1ncc(-c2ccc(C#N)c(O[C@@H](C)Cn3cncn3)c2)cn1. The van der Waals surface area contributed by atoms with Gasteiger partial charge >= 0.3 is 0 Å². The molecule has 0 aliphatic carbocycles. The van der Waals surface area contributed by atoms with Gasteiger partial charge in [-0.2, -0.15) is 10.4 Å². The first-order valence-electron chi connectivity index (χ1n) is 13.1. The van der Waals surface area contributed by atoms with E-state index in [1.165, 1.54) is 6.33 Å². The van der Waals surface area contributed by atoms with Gasteiger partial charge in [0.25, 0.3) is 5.91 Å². The van der Waals surface area contributed by atoms with Crippen LogP contribution in [0.4, 0.5) is 11.6 Å². The van der Waals surface area contributed by atoms with E-state index in [0.717, 1.165) is 11.1 Å². The molecule has 12 nitrogen and oxygen atoms in total. The van der Waals surface area contributed by atoms with Crippen LogP contribution < -0.4 is 14.8 Å². The first kappa shape index (κ1) is 27.5. The normalized spacial score (nSPS) is 15.6. The van der Waals surface area contributed by atoms with Gasteiger partial charge in [-0.1, -0.05) is 6.07 Å². The van der Waals surface area contributed by atoms with Gasteiger partial charge in [0.2, 0.25) is 5.95 Å². The molecule has 1 amide bonds. The van der Waals surface area contributed by atoms with Gasteiger partial charge in [-0.15, -0.1) is 0 Å². The lowest BCUT2D eigenvalue weighted by atomic mass is 10.1. The quantitative estimate of drug-likeness (QED) is 0.326. The maximum atomic E-state index is 13.1. The number of nitriles is 1. The number of anilines is 2. The van der Waals surface area contributed by atoms with Crippen LogP contribution in [0.25, 0.3) is 11.1 Å². The van der Waals surface area contributed by atoms with Crippen LogP contribution in [0.2, 0.25) is 0 Å². The number of amides is 1. The smallest absolute Gasteiger partial charge is 0.254 e. The molecule has 1 aliphatic rings. The third-order valence-corrected chi connectivity index (χ3v) is 6.65. The van der Waals surface area contributed by atoms with Crippen molar-refractivity contribution in [1.82, 2.24) is 29.6 Å². The molecule has 12 heteroatoms. The molecule has 5 rings (SSSR count). The minimum atomic E-state index is -0.240. The van der Waals surface area contributed by atoms with Gasteiger partial charge in [-0.05, 0) is 49.7 Å². The predicted molar refractivity (Wildman–Crippen MR) is 150 cm³/mol. The maximum absolute atomic E-state index is 13.1. The fraction of sp³-hybridized carbons (Fsp3) is 0.310. The Labute approximate surface area is 237 Å². The van der Waals surface area contributed by atoms with Gasteiger partial charge in [-0.25, -0.2) is 19.6 Å². The van der Waals surface area contributed by atoms with Crippen molar-refractivity contribution < 1.29 is 19.0 Å². The van der Waals surface area contributed by atoms with Gasteiger partial charge in [0.15, 0.2) is 0 Å². The zero-order valence-corrected chi connectivity index (χ0v) is 23.0. The van der Waals surface area contributed by atoms with Crippen LogP contribution in [0.3, 0.4) is 0 Å². The van der Waals surface area contributed by atoms with Crippen LogP contribution in [0.5, 0.6) is 11.5 Å². The minimum absolute atomic E-state index is 0.00809. The van der Waals surface area contributed by atoms with E-state index in [4.69, 9.17) is 14.2 Å². The molecule has 0 bridgehead atoms. The number of ether oxygens (including phenoxy) is 3. The van der Waals surface area contributed by atoms with E-state index in [0.29, 0.717) is 60.6 Å². The fourth-order valence-electron chi connectivity index (χ4n) is 4.52. The largest absolute Gasteiger partial charge is 0.495 e. The molecule has 2 aromatic heterocycles. The van der Waals surface area contributed by atoms with Crippen LogP contribution >= 0.6 is 0 Å². The highest BCUT2D eigenvalue weighted by Crippen LogP contribution is 2.30. The Kier molecular flexibility index (Phi) is 8.36. The van der Waals surface area contributed by atoms with Crippen LogP contribution in [0, 0.1) is 11.3 Å². The van der Waals surface area contributed by atoms with Gasteiger partial charge in [0, 0.05) is 30.1 Å². The second kappa shape index (κ2) is 12.4. The summed E-state index contributed by atoms with van der Waals surface area (Å²) in [7, 11) is 1.55. The highest BCUT2D eigenvalue weighted by molar-refractivity contribution is 5.95. The molecule has 0 spiro atoms.